The molecule has 33 heavy (non-hydrogen) atoms. The number of anilines is 1. The van der Waals surface area contributed by atoms with Crippen molar-refractivity contribution in [3.63, 3.8) is 0 Å². The van der Waals surface area contributed by atoms with Crippen LogP contribution in [0.15, 0.2) is 42.0 Å². The van der Waals surface area contributed by atoms with Gasteiger partial charge < -0.3 is 18.9 Å². The molecule has 0 aliphatic carbocycles. The standard InChI is InChI=1S/C23H22N2O8/c1-5-33-22(28)14-6-8-15(9-7-14)25-21(27)16(20(26)24-23(25)29)10-13-11-17(30-2)19(32-4)18(12-13)31-3/h6-12H,5H2,1-4H3,(H,24,26,29). The van der Waals surface area contributed by atoms with Gasteiger partial charge in [-0.05, 0) is 55.0 Å². The minimum atomic E-state index is -0.907. The van der Waals surface area contributed by atoms with Crippen molar-refractivity contribution in [1.29, 1.82) is 0 Å². The van der Waals surface area contributed by atoms with Crippen LogP contribution in [-0.4, -0.2) is 51.8 Å². The Morgan fingerprint density at radius 3 is 2.09 bits per heavy atom. The lowest BCUT2D eigenvalue weighted by molar-refractivity contribution is -0.122. The number of carbonyl (C=O) groups excluding carboxylic acids is 4. The smallest absolute Gasteiger partial charge is 0.338 e. The van der Waals surface area contributed by atoms with E-state index in [0.717, 1.165) is 4.90 Å². The second-order valence-corrected chi connectivity index (χ2v) is 6.68. The zero-order valence-electron chi connectivity index (χ0n) is 18.5. The Bertz CT molecular complexity index is 1110. The normalized spacial score (nSPS) is 14.7. The SMILES string of the molecule is CCOC(=O)c1ccc(N2C(=O)NC(=O)C(=Cc3cc(OC)c(OC)c(OC)c3)C2=O)cc1. The van der Waals surface area contributed by atoms with Gasteiger partial charge in [0.25, 0.3) is 11.8 Å². The lowest BCUT2D eigenvalue weighted by Crippen LogP contribution is -2.54. The lowest BCUT2D eigenvalue weighted by Gasteiger charge is -2.26. The number of methoxy groups -OCH3 is 3. The first-order valence-corrected chi connectivity index (χ1v) is 9.83. The van der Waals surface area contributed by atoms with Gasteiger partial charge in [0, 0.05) is 0 Å². The predicted octanol–water partition coefficient (Wildman–Crippen LogP) is 2.56. The highest BCUT2D eigenvalue weighted by molar-refractivity contribution is 6.39. The summed E-state index contributed by atoms with van der Waals surface area (Å²) in [6, 6.07) is 7.89. The average molecular weight is 454 g/mol. The van der Waals surface area contributed by atoms with Crippen LogP contribution >= 0.6 is 0 Å². The molecular weight excluding hydrogens is 432 g/mol. The van der Waals surface area contributed by atoms with Gasteiger partial charge in [-0.2, -0.15) is 0 Å². The minimum absolute atomic E-state index is 0.175. The first-order chi connectivity index (χ1) is 15.8. The van der Waals surface area contributed by atoms with E-state index >= 15 is 0 Å². The van der Waals surface area contributed by atoms with E-state index in [9.17, 15) is 19.2 Å². The second-order valence-electron chi connectivity index (χ2n) is 6.68. The third-order valence-corrected chi connectivity index (χ3v) is 4.74. The Balaban J connectivity index is 1.99. The molecule has 1 fully saturated rings. The number of amides is 4. The third-order valence-electron chi connectivity index (χ3n) is 4.74. The van der Waals surface area contributed by atoms with Crippen molar-refractivity contribution >= 4 is 35.6 Å². The number of nitrogens with one attached hydrogen (secondary N) is 1. The number of benzene rings is 2. The summed E-state index contributed by atoms with van der Waals surface area (Å²) < 4.78 is 20.8. The van der Waals surface area contributed by atoms with Gasteiger partial charge in [-0.1, -0.05) is 0 Å². The van der Waals surface area contributed by atoms with Crippen LogP contribution in [0.4, 0.5) is 10.5 Å². The van der Waals surface area contributed by atoms with E-state index in [4.69, 9.17) is 18.9 Å². The first kappa shape index (κ1) is 23.3. The minimum Gasteiger partial charge on any atom is -0.493 e. The number of hydrogen-bond donors (Lipinski definition) is 1. The van der Waals surface area contributed by atoms with Crippen molar-refractivity contribution < 1.29 is 38.1 Å². The summed E-state index contributed by atoms with van der Waals surface area (Å²) in [4.78, 5) is 50.6. The van der Waals surface area contributed by atoms with E-state index < -0.39 is 23.8 Å². The van der Waals surface area contributed by atoms with Gasteiger partial charge in [-0.15, -0.1) is 0 Å². The molecule has 0 unspecified atom stereocenters. The maximum Gasteiger partial charge on any atom is 0.338 e. The molecule has 2 aromatic rings. The molecule has 1 saturated heterocycles. The highest BCUT2D eigenvalue weighted by Gasteiger charge is 2.37. The summed E-state index contributed by atoms with van der Waals surface area (Å²) in [6.45, 7) is 1.90. The molecule has 0 atom stereocenters. The molecule has 0 radical (unpaired) electrons. The van der Waals surface area contributed by atoms with Crippen LogP contribution in [0.25, 0.3) is 6.08 Å². The summed E-state index contributed by atoms with van der Waals surface area (Å²) in [6.07, 6.45) is 1.31. The molecule has 0 bridgehead atoms. The van der Waals surface area contributed by atoms with Crippen molar-refractivity contribution in [2.75, 3.05) is 32.8 Å². The largest absolute Gasteiger partial charge is 0.493 e. The Hall–Kier alpha value is -4.34. The van der Waals surface area contributed by atoms with E-state index in [-0.39, 0.29) is 23.4 Å². The van der Waals surface area contributed by atoms with Crippen molar-refractivity contribution in [3.05, 3.63) is 53.1 Å². The summed E-state index contributed by atoms with van der Waals surface area (Å²) >= 11 is 0. The maximum absolute atomic E-state index is 13.1. The molecule has 1 aliphatic rings. The number of hydrogen-bond acceptors (Lipinski definition) is 8. The molecule has 10 nitrogen and oxygen atoms in total. The molecule has 10 heteroatoms. The van der Waals surface area contributed by atoms with Crippen molar-refractivity contribution in [1.82, 2.24) is 5.32 Å². The van der Waals surface area contributed by atoms with Crippen molar-refractivity contribution in [2.24, 2.45) is 0 Å². The number of carbonyl (C=O) groups is 4. The molecule has 1 heterocycles. The molecule has 4 amide bonds. The van der Waals surface area contributed by atoms with E-state index in [1.807, 2.05) is 0 Å². The predicted molar refractivity (Wildman–Crippen MR) is 117 cm³/mol. The molecule has 2 aromatic carbocycles. The van der Waals surface area contributed by atoms with Crippen LogP contribution in [-0.2, 0) is 14.3 Å². The topological polar surface area (TPSA) is 120 Å². The van der Waals surface area contributed by atoms with Gasteiger partial charge in [0.15, 0.2) is 11.5 Å². The molecule has 1 aliphatic heterocycles. The highest BCUT2D eigenvalue weighted by atomic mass is 16.5. The van der Waals surface area contributed by atoms with Crippen molar-refractivity contribution in [2.45, 2.75) is 6.92 Å². The average Bonchev–Trinajstić information content (AvgIpc) is 2.81. The van der Waals surface area contributed by atoms with Crippen LogP contribution in [0.2, 0.25) is 0 Å². The zero-order chi connectivity index (χ0) is 24.1. The van der Waals surface area contributed by atoms with Gasteiger partial charge in [0.2, 0.25) is 5.75 Å². The van der Waals surface area contributed by atoms with Gasteiger partial charge in [-0.25, -0.2) is 14.5 Å². The number of urea groups is 1. The number of imide groups is 2. The number of ether oxygens (including phenoxy) is 4. The molecule has 3 rings (SSSR count). The monoisotopic (exact) mass is 454 g/mol. The summed E-state index contributed by atoms with van der Waals surface area (Å²) in [7, 11) is 4.33. The van der Waals surface area contributed by atoms with Gasteiger partial charge >= 0.3 is 12.0 Å². The fraction of sp³-hybridized carbons (Fsp3) is 0.217. The molecular formula is C23H22N2O8. The fourth-order valence-corrected chi connectivity index (χ4v) is 3.20. The van der Waals surface area contributed by atoms with E-state index in [0.29, 0.717) is 22.8 Å². The molecule has 1 N–H and O–H groups in total. The van der Waals surface area contributed by atoms with Crippen LogP contribution in [0.1, 0.15) is 22.8 Å². The Morgan fingerprint density at radius 1 is 0.970 bits per heavy atom. The summed E-state index contributed by atoms with van der Waals surface area (Å²) in [5.74, 6) is -1.21. The third kappa shape index (κ3) is 4.64. The molecule has 172 valence electrons. The van der Waals surface area contributed by atoms with Crippen LogP contribution in [0, 0.1) is 0 Å². The molecule has 0 spiro atoms. The second kappa shape index (κ2) is 9.86. The Morgan fingerprint density at radius 2 is 1.58 bits per heavy atom. The number of rotatable bonds is 7. The summed E-state index contributed by atoms with van der Waals surface area (Å²) in [5, 5.41) is 2.15. The van der Waals surface area contributed by atoms with Gasteiger partial charge in [0.05, 0.1) is 39.2 Å². The lowest BCUT2D eigenvalue weighted by atomic mass is 10.1. The summed E-state index contributed by atoms with van der Waals surface area (Å²) in [5.41, 5.74) is 0.567. The van der Waals surface area contributed by atoms with Crippen LogP contribution < -0.4 is 24.4 Å². The number of barbiturate groups is 1. The van der Waals surface area contributed by atoms with E-state index in [1.165, 1.54) is 51.7 Å². The first-order valence-electron chi connectivity index (χ1n) is 9.83. The maximum atomic E-state index is 13.1. The highest BCUT2D eigenvalue weighted by Crippen LogP contribution is 2.39. The molecule has 0 aromatic heterocycles. The number of esters is 1. The van der Waals surface area contributed by atoms with Crippen LogP contribution in [0.3, 0.4) is 0 Å². The van der Waals surface area contributed by atoms with Crippen LogP contribution in [0.5, 0.6) is 17.2 Å². The zero-order valence-corrected chi connectivity index (χ0v) is 18.5. The quantitative estimate of drug-likeness (QED) is 0.385. The van der Waals surface area contributed by atoms with Gasteiger partial charge in [-0.3, -0.25) is 14.9 Å². The van der Waals surface area contributed by atoms with Crippen molar-refractivity contribution in [3.8, 4) is 17.2 Å². The van der Waals surface area contributed by atoms with Gasteiger partial charge in [0.1, 0.15) is 5.57 Å². The molecule has 0 saturated carbocycles. The van der Waals surface area contributed by atoms with E-state index in [1.54, 1.807) is 19.1 Å². The fourth-order valence-electron chi connectivity index (χ4n) is 3.20. The van der Waals surface area contributed by atoms with E-state index in [2.05, 4.69) is 5.32 Å². The Kier molecular flexibility index (Phi) is 6.97. The number of nitrogens with zero attached hydrogens (tertiary/aromatic N) is 1. The Labute approximate surface area is 189 Å².